The molecule has 2 aromatic heterocycles. The lowest BCUT2D eigenvalue weighted by Crippen LogP contribution is -2.34. The maximum atomic E-state index is 4.61. The van der Waals surface area contributed by atoms with Crippen molar-refractivity contribution in [3.8, 4) is 0 Å². The largest absolute Gasteiger partial charge is 0.341 e. The zero-order valence-corrected chi connectivity index (χ0v) is 13.2. The molecule has 0 saturated carbocycles. The van der Waals surface area contributed by atoms with Crippen LogP contribution in [0.4, 0.5) is 5.95 Å². The molecule has 6 heteroatoms. The number of hydrogen-bond donors (Lipinski definition) is 0. The Hall–Kier alpha value is -2.08. The van der Waals surface area contributed by atoms with Gasteiger partial charge >= 0.3 is 0 Å². The van der Waals surface area contributed by atoms with E-state index >= 15 is 0 Å². The van der Waals surface area contributed by atoms with Gasteiger partial charge in [0.2, 0.25) is 5.95 Å². The normalized spacial score (nSPS) is 16.2. The third-order valence-electron chi connectivity index (χ3n) is 3.99. The highest BCUT2D eigenvalue weighted by Crippen LogP contribution is 2.29. The molecular formula is C16H22N6. The fraction of sp³-hybridized carbons (Fsp3) is 0.500. The quantitative estimate of drug-likeness (QED) is 0.856. The molecule has 0 N–H and O–H groups in total. The van der Waals surface area contributed by atoms with Gasteiger partial charge in [0.15, 0.2) is 0 Å². The summed E-state index contributed by atoms with van der Waals surface area (Å²) in [5, 5.41) is 0. The van der Waals surface area contributed by atoms with Crippen LogP contribution in [0.5, 0.6) is 0 Å². The molecule has 1 aliphatic heterocycles. The van der Waals surface area contributed by atoms with Crippen LogP contribution in [-0.2, 0) is 6.54 Å². The molecule has 0 bridgehead atoms. The number of aromatic nitrogens is 4. The predicted octanol–water partition coefficient (Wildman–Crippen LogP) is 1.71. The monoisotopic (exact) mass is 298 g/mol. The van der Waals surface area contributed by atoms with E-state index in [0.717, 1.165) is 49.8 Å². The summed E-state index contributed by atoms with van der Waals surface area (Å²) in [6, 6.07) is 1.85. The molecule has 0 atom stereocenters. The van der Waals surface area contributed by atoms with Crippen LogP contribution in [0.2, 0.25) is 0 Å². The molecule has 0 aliphatic carbocycles. The molecule has 6 nitrogen and oxygen atoms in total. The molecule has 0 spiro atoms. The number of nitrogens with zero attached hydrogens (tertiary/aromatic N) is 6. The van der Waals surface area contributed by atoms with Gasteiger partial charge in [-0.25, -0.2) is 9.97 Å². The number of piperidine rings is 1. The second kappa shape index (κ2) is 6.79. The summed E-state index contributed by atoms with van der Waals surface area (Å²) in [5.41, 5.74) is 2.26. The van der Waals surface area contributed by atoms with E-state index in [2.05, 4.69) is 43.8 Å². The first-order chi connectivity index (χ1) is 10.7. The summed E-state index contributed by atoms with van der Waals surface area (Å²) in [4.78, 5) is 22.2. The molecule has 2 aromatic rings. The van der Waals surface area contributed by atoms with Crippen molar-refractivity contribution < 1.29 is 0 Å². The SMILES string of the molecule is CN(C)Cc1nccnc1C1CCN(c2ncccn2)CC1. The molecule has 3 heterocycles. The third kappa shape index (κ3) is 3.39. The van der Waals surface area contributed by atoms with Gasteiger partial charge in [-0.2, -0.15) is 0 Å². The maximum absolute atomic E-state index is 4.61. The zero-order valence-electron chi connectivity index (χ0n) is 13.2. The minimum atomic E-state index is 0.476. The van der Waals surface area contributed by atoms with Crippen molar-refractivity contribution in [2.24, 2.45) is 0 Å². The summed E-state index contributed by atoms with van der Waals surface area (Å²) in [6.45, 7) is 2.77. The van der Waals surface area contributed by atoms with E-state index in [0.29, 0.717) is 5.92 Å². The van der Waals surface area contributed by atoms with Gasteiger partial charge in [-0.15, -0.1) is 0 Å². The van der Waals surface area contributed by atoms with E-state index < -0.39 is 0 Å². The highest BCUT2D eigenvalue weighted by atomic mass is 15.2. The van der Waals surface area contributed by atoms with Crippen LogP contribution in [0.25, 0.3) is 0 Å². The molecule has 116 valence electrons. The molecule has 0 aromatic carbocycles. The van der Waals surface area contributed by atoms with Crippen LogP contribution in [0.1, 0.15) is 30.1 Å². The van der Waals surface area contributed by atoms with E-state index in [1.165, 1.54) is 0 Å². The second-order valence-electron chi connectivity index (χ2n) is 5.94. The van der Waals surface area contributed by atoms with Gasteiger partial charge in [0.25, 0.3) is 0 Å². The molecule has 22 heavy (non-hydrogen) atoms. The van der Waals surface area contributed by atoms with Crippen molar-refractivity contribution in [1.29, 1.82) is 0 Å². The average Bonchev–Trinajstić information content (AvgIpc) is 2.56. The summed E-state index contributed by atoms with van der Waals surface area (Å²) >= 11 is 0. The molecule has 3 rings (SSSR count). The maximum Gasteiger partial charge on any atom is 0.225 e. The molecule has 0 amide bonds. The second-order valence-corrected chi connectivity index (χ2v) is 5.94. The van der Waals surface area contributed by atoms with Gasteiger partial charge in [0, 0.05) is 50.3 Å². The summed E-state index contributed by atoms with van der Waals surface area (Å²) in [6.07, 6.45) is 9.32. The highest BCUT2D eigenvalue weighted by Gasteiger charge is 2.25. The molecule has 1 fully saturated rings. The smallest absolute Gasteiger partial charge is 0.225 e. The van der Waals surface area contributed by atoms with Gasteiger partial charge < -0.3 is 9.80 Å². The van der Waals surface area contributed by atoms with Crippen LogP contribution in [-0.4, -0.2) is 52.0 Å². The van der Waals surface area contributed by atoms with Crippen LogP contribution in [0.15, 0.2) is 30.9 Å². The van der Waals surface area contributed by atoms with Crippen molar-refractivity contribution in [2.45, 2.75) is 25.3 Å². The third-order valence-corrected chi connectivity index (χ3v) is 3.99. The van der Waals surface area contributed by atoms with Crippen molar-refractivity contribution in [3.05, 3.63) is 42.2 Å². The fourth-order valence-corrected chi connectivity index (χ4v) is 2.95. The summed E-state index contributed by atoms with van der Waals surface area (Å²) < 4.78 is 0. The average molecular weight is 298 g/mol. The van der Waals surface area contributed by atoms with Gasteiger partial charge in [-0.05, 0) is 33.0 Å². The summed E-state index contributed by atoms with van der Waals surface area (Å²) in [7, 11) is 4.13. The van der Waals surface area contributed by atoms with E-state index in [4.69, 9.17) is 0 Å². The topological polar surface area (TPSA) is 58.0 Å². The van der Waals surface area contributed by atoms with Gasteiger partial charge in [-0.1, -0.05) is 0 Å². The van der Waals surface area contributed by atoms with Gasteiger partial charge in [0.1, 0.15) is 0 Å². The number of hydrogen-bond acceptors (Lipinski definition) is 6. The van der Waals surface area contributed by atoms with Crippen molar-refractivity contribution >= 4 is 5.95 Å². The van der Waals surface area contributed by atoms with E-state index in [-0.39, 0.29) is 0 Å². The van der Waals surface area contributed by atoms with E-state index in [1.54, 1.807) is 24.8 Å². The fourth-order valence-electron chi connectivity index (χ4n) is 2.95. The van der Waals surface area contributed by atoms with E-state index in [1.807, 2.05) is 6.07 Å². The first-order valence-electron chi connectivity index (χ1n) is 7.70. The Morgan fingerprint density at radius 1 is 1.00 bits per heavy atom. The lowest BCUT2D eigenvalue weighted by Gasteiger charge is -2.32. The first kappa shape index (κ1) is 14.8. The highest BCUT2D eigenvalue weighted by molar-refractivity contribution is 5.30. The Balaban J connectivity index is 1.69. The number of rotatable bonds is 4. The predicted molar refractivity (Wildman–Crippen MR) is 85.6 cm³/mol. The van der Waals surface area contributed by atoms with Crippen LogP contribution < -0.4 is 4.90 Å². The lowest BCUT2D eigenvalue weighted by atomic mass is 9.92. The standard InChI is InChI=1S/C16H22N6/c1-21(2)12-14-15(18-9-8-17-14)13-4-10-22(11-5-13)16-19-6-3-7-20-16/h3,6-9,13H,4-5,10-12H2,1-2H3. The minimum absolute atomic E-state index is 0.476. The van der Waals surface area contributed by atoms with Gasteiger partial charge in [0.05, 0.1) is 11.4 Å². The van der Waals surface area contributed by atoms with Crippen LogP contribution in [0.3, 0.4) is 0 Å². The number of anilines is 1. The Labute approximate surface area is 131 Å². The minimum Gasteiger partial charge on any atom is -0.341 e. The van der Waals surface area contributed by atoms with Crippen LogP contribution in [0, 0.1) is 0 Å². The van der Waals surface area contributed by atoms with Crippen molar-refractivity contribution in [1.82, 2.24) is 24.8 Å². The molecular weight excluding hydrogens is 276 g/mol. The van der Waals surface area contributed by atoms with Gasteiger partial charge in [-0.3, -0.25) is 9.97 Å². The zero-order chi connectivity index (χ0) is 15.4. The summed E-state index contributed by atoms with van der Waals surface area (Å²) in [5.74, 6) is 1.30. The first-order valence-corrected chi connectivity index (χ1v) is 7.70. The molecule has 0 unspecified atom stereocenters. The molecule has 1 saturated heterocycles. The van der Waals surface area contributed by atoms with Crippen LogP contribution >= 0.6 is 0 Å². The van der Waals surface area contributed by atoms with E-state index in [9.17, 15) is 0 Å². The Kier molecular flexibility index (Phi) is 4.58. The Morgan fingerprint density at radius 3 is 2.36 bits per heavy atom. The molecule has 1 aliphatic rings. The Morgan fingerprint density at radius 2 is 1.68 bits per heavy atom. The lowest BCUT2D eigenvalue weighted by molar-refractivity contribution is 0.388. The Bertz CT molecular complexity index is 593. The van der Waals surface area contributed by atoms with Crippen molar-refractivity contribution in [2.75, 3.05) is 32.1 Å². The molecule has 0 radical (unpaired) electrons. The van der Waals surface area contributed by atoms with Crippen molar-refractivity contribution in [3.63, 3.8) is 0 Å².